The van der Waals surface area contributed by atoms with E-state index in [1.807, 2.05) is 22.7 Å². The third-order valence-corrected chi connectivity index (χ3v) is 2.85. The quantitative estimate of drug-likeness (QED) is 0.779. The molecule has 1 aromatic rings. The van der Waals surface area contributed by atoms with Crippen molar-refractivity contribution in [2.45, 2.75) is 12.8 Å². The van der Waals surface area contributed by atoms with E-state index in [0.717, 1.165) is 25.3 Å². The molecule has 2 rings (SSSR count). The zero-order valence-corrected chi connectivity index (χ0v) is 8.76. The molecule has 1 N–H and O–H groups in total. The number of aliphatic carboxylic acids is 1. The number of aromatic nitrogens is 2. The van der Waals surface area contributed by atoms with Crippen LogP contribution in [0.4, 0.5) is 5.95 Å². The topological polar surface area (TPSA) is 58.4 Å². The first-order valence-corrected chi connectivity index (χ1v) is 5.13. The van der Waals surface area contributed by atoms with Crippen molar-refractivity contribution < 1.29 is 9.90 Å². The minimum atomic E-state index is -0.700. The minimum absolute atomic E-state index is 0.254. The highest BCUT2D eigenvalue weighted by atomic mass is 16.4. The number of anilines is 1. The van der Waals surface area contributed by atoms with Crippen molar-refractivity contribution in [1.82, 2.24) is 9.55 Å². The van der Waals surface area contributed by atoms with Crippen molar-refractivity contribution in [3.05, 3.63) is 12.4 Å². The second-order valence-electron chi connectivity index (χ2n) is 3.96. The van der Waals surface area contributed by atoms with Crippen molar-refractivity contribution in [3.63, 3.8) is 0 Å². The van der Waals surface area contributed by atoms with Gasteiger partial charge < -0.3 is 14.6 Å². The fraction of sp³-hybridized carbons (Fsp3) is 0.600. The van der Waals surface area contributed by atoms with Gasteiger partial charge >= 0.3 is 5.97 Å². The van der Waals surface area contributed by atoms with Crippen LogP contribution in [0.3, 0.4) is 0 Å². The largest absolute Gasteiger partial charge is 0.481 e. The molecule has 0 aliphatic carbocycles. The first kappa shape index (κ1) is 10.0. The number of nitrogens with zero attached hydrogens (tertiary/aromatic N) is 3. The highest BCUT2D eigenvalue weighted by Gasteiger charge is 2.26. The van der Waals surface area contributed by atoms with E-state index in [0.29, 0.717) is 6.54 Å². The maximum Gasteiger partial charge on any atom is 0.308 e. The Morgan fingerprint density at radius 1 is 1.67 bits per heavy atom. The number of carboxylic acids is 1. The molecule has 0 saturated carbocycles. The SMILES string of the molecule is Cn1ccnc1N1CCCC(C(=O)O)C1. The number of carbonyl (C=O) groups is 1. The molecule has 82 valence electrons. The van der Waals surface area contributed by atoms with E-state index in [9.17, 15) is 4.79 Å². The number of carboxylic acid groups (broad SMARTS) is 1. The molecule has 1 aromatic heterocycles. The molecule has 1 saturated heterocycles. The summed E-state index contributed by atoms with van der Waals surface area (Å²) in [6, 6.07) is 0. The van der Waals surface area contributed by atoms with Gasteiger partial charge in [0.25, 0.3) is 0 Å². The van der Waals surface area contributed by atoms with E-state index >= 15 is 0 Å². The van der Waals surface area contributed by atoms with Crippen LogP contribution in [0.25, 0.3) is 0 Å². The second kappa shape index (κ2) is 3.92. The molecule has 1 unspecified atom stereocenters. The van der Waals surface area contributed by atoms with Crippen LogP contribution in [0.15, 0.2) is 12.4 Å². The molecule has 0 radical (unpaired) electrons. The third kappa shape index (κ3) is 1.95. The van der Waals surface area contributed by atoms with Crippen molar-refractivity contribution in [3.8, 4) is 0 Å². The van der Waals surface area contributed by atoms with Crippen LogP contribution in [-0.4, -0.2) is 33.7 Å². The third-order valence-electron chi connectivity index (χ3n) is 2.85. The fourth-order valence-electron chi connectivity index (χ4n) is 2.02. The Balaban J connectivity index is 2.11. The predicted octanol–water partition coefficient (Wildman–Crippen LogP) is 0.721. The number of hydrogen-bond donors (Lipinski definition) is 1. The Bertz CT molecular complexity index is 361. The summed E-state index contributed by atoms with van der Waals surface area (Å²) in [5.41, 5.74) is 0. The first-order valence-electron chi connectivity index (χ1n) is 5.13. The molecule has 1 fully saturated rings. The molecule has 1 aliphatic heterocycles. The van der Waals surface area contributed by atoms with Crippen LogP contribution >= 0.6 is 0 Å². The minimum Gasteiger partial charge on any atom is -0.481 e. The predicted molar refractivity (Wildman–Crippen MR) is 55.8 cm³/mol. The lowest BCUT2D eigenvalue weighted by molar-refractivity contribution is -0.141. The van der Waals surface area contributed by atoms with Gasteiger partial charge in [-0.3, -0.25) is 4.79 Å². The number of piperidine rings is 1. The summed E-state index contributed by atoms with van der Waals surface area (Å²) in [6.45, 7) is 1.47. The lowest BCUT2D eigenvalue weighted by atomic mass is 9.99. The average Bonchev–Trinajstić information content (AvgIpc) is 2.64. The Morgan fingerprint density at radius 2 is 2.47 bits per heavy atom. The second-order valence-corrected chi connectivity index (χ2v) is 3.96. The van der Waals surface area contributed by atoms with E-state index in [-0.39, 0.29) is 5.92 Å². The van der Waals surface area contributed by atoms with Gasteiger partial charge in [-0.1, -0.05) is 0 Å². The van der Waals surface area contributed by atoms with Crippen LogP contribution in [0.2, 0.25) is 0 Å². The van der Waals surface area contributed by atoms with Gasteiger partial charge in [0.15, 0.2) is 0 Å². The Labute approximate surface area is 88.3 Å². The van der Waals surface area contributed by atoms with Gasteiger partial charge in [0.05, 0.1) is 5.92 Å². The zero-order valence-electron chi connectivity index (χ0n) is 8.76. The molecule has 2 heterocycles. The van der Waals surface area contributed by atoms with E-state index in [1.54, 1.807) is 6.20 Å². The molecule has 0 aromatic carbocycles. The van der Waals surface area contributed by atoms with Crippen LogP contribution in [0.5, 0.6) is 0 Å². The Morgan fingerprint density at radius 3 is 3.07 bits per heavy atom. The average molecular weight is 209 g/mol. The highest BCUT2D eigenvalue weighted by Crippen LogP contribution is 2.21. The van der Waals surface area contributed by atoms with Gasteiger partial charge in [-0.25, -0.2) is 4.98 Å². The van der Waals surface area contributed by atoms with E-state index < -0.39 is 5.97 Å². The first-order chi connectivity index (χ1) is 7.18. The summed E-state index contributed by atoms with van der Waals surface area (Å²) >= 11 is 0. The smallest absolute Gasteiger partial charge is 0.308 e. The maximum atomic E-state index is 10.9. The van der Waals surface area contributed by atoms with Crippen molar-refractivity contribution in [1.29, 1.82) is 0 Å². The molecular formula is C10H15N3O2. The van der Waals surface area contributed by atoms with Gasteiger partial charge in [0, 0.05) is 32.5 Å². The Kier molecular flexibility index (Phi) is 2.62. The van der Waals surface area contributed by atoms with Gasteiger partial charge in [-0.05, 0) is 12.8 Å². The van der Waals surface area contributed by atoms with Crippen LogP contribution in [-0.2, 0) is 11.8 Å². The van der Waals surface area contributed by atoms with E-state index in [2.05, 4.69) is 4.98 Å². The van der Waals surface area contributed by atoms with E-state index in [4.69, 9.17) is 5.11 Å². The molecule has 0 amide bonds. The monoisotopic (exact) mass is 209 g/mol. The lowest BCUT2D eigenvalue weighted by Crippen LogP contribution is -2.39. The summed E-state index contributed by atoms with van der Waals surface area (Å²) in [5.74, 6) is -0.0923. The summed E-state index contributed by atoms with van der Waals surface area (Å²) in [6.07, 6.45) is 5.31. The summed E-state index contributed by atoms with van der Waals surface area (Å²) < 4.78 is 1.92. The molecule has 15 heavy (non-hydrogen) atoms. The molecule has 5 heteroatoms. The van der Waals surface area contributed by atoms with Crippen LogP contribution in [0, 0.1) is 5.92 Å². The molecular weight excluding hydrogens is 194 g/mol. The Hall–Kier alpha value is -1.52. The van der Waals surface area contributed by atoms with Crippen LogP contribution < -0.4 is 4.90 Å². The molecule has 1 aliphatic rings. The van der Waals surface area contributed by atoms with Gasteiger partial charge in [0.1, 0.15) is 0 Å². The van der Waals surface area contributed by atoms with Crippen LogP contribution in [0.1, 0.15) is 12.8 Å². The number of imidazole rings is 1. The van der Waals surface area contributed by atoms with Crippen molar-refractivity contribution in [2.75, 3.05) is 18.0 Å². The van der Waals surface area contributed by atoms with Gasteiger partial charge in [-0.2, -0.15) is 0 Å². The number of hydrogen-bond acceptors (Lipinski definition) is 3. The maximum absolute atomic E-state index is 10.9. The highest BCUT2D eigenvalue weighted by molar-refractivity contribution is 5.71. The zero-order chi connectivity index (χ0) is 10.8. The number of rotatable bonds is 2. The van der Waals surface area contributed by atoms with Crippen molar-refractivity contribution in [2.24, 2.45) is 13.0 Å². The molecule has 1 atom stereocenters. The van der Waals surface area contributed by atoms with Crippen molar-refractivity contribution >= 4 is 11.9 Å². The standard InChI is InChI=1S/C10H15N3O2/c1-12-6-4-11-10(12)13-5-2-3-8(7-13)9(14)15/h4,6,8H,2-3,5,7H2,1H3,(H,14,15). The van der Waals surface area contributed by atoms with Gasteiger partial charge in [0.2, 0.25) is 5.95 Å². The normalized spacial score (nSPS) is 21.7. The molecule has 0 spiro atoms. The fourth-order valence-corrected chi connectivity index (χ4v) is 2.02. The van der Waals surface area contributed by atoms with E-state index in [1.165, 1.54) is 0 Å². The lowest BCUT2D eigenvalue weighted by Gasteiger charge is -2.31. The summed E-state index contributed by atoms with van der Waals surface area (Å²) in [7, 11) is 1.92. The molecule has 0 bridgehead atoms. The number of aryl methyl sites for hydroxylation is 1. The summed E-state index contributed by atoms with van der Waals surface area (Å²) in [5, 5.41) is 8.97. The molecule has 5 nitrogen and oxygen atoms in total. The van der Waals surface area contributed by atoms with Gasteiger partial charge in [-0.15, -0.1) is 0 Å². The summed E-state index contributed by atoms with van der Waals surface area (Å²) in [4.78, 5) is 17.2.